The Morgan fingerprint density at radius 1 is 1.13 bits per heavy atom. The molecule has 156 valence electrons. The third-order valence-electron chi connectivity index (χ3n) is 4.18. The highest BCUT2D eigenvalue weighted by Crippen LogP contribution is 2.24. The summed E-state index contributed by atoms with van der Waals surface area (Å²) >= 11 is 1.51. The molecule has 0 unspecified atom stereocenters. The Balaban J connectivity index is 1.39. The second-order valence-electron chi connectivity index (χ2n) is 6.45. The van der Waals surface area contributed by atoms with Crippen LogP contribution in [0.25, 0.3) is 11.3 Å². The second-order valence-corrected chi connectivity index (χ2v) is 7.31. The number of carbonyl (C=O) groups excluding carboxylic acids is 1. The third-order valence-corrected chi connectivity index (χ3v) is 4.92. The van der Waals surface area contributed by atoms with Gasteiger partial charge in [-0.15, -0.1) is 11.3 Å². The van der Waals surface area contributed by atoms with Gasteiger partial charge in [0, 0.05) is 17.4 Å². The predicted octanol–water partition coefficient (Wildman–Crippen LogP) is 5.37. The van der Waals surface area contributed by atoms with Crippen LogP contribution in [0, 0.1) is 0 Å². The average Bonchev–Trinajstić information content (AvgIpc) is 3.24. The molecule has 0 radical (unpaired) electrons. The van der Waals surface area contributed by atoms with Crippen LogP contribution >= 0.6 is 11.3 Å². The van der Waals surface area contributed by atoms with Crippen molar-refractivity contribution in [2.75, 3.05) is 18.6 Å². The molecule has 7 heteroatoms. The van der Waals surface area contributed by atoms with Gasteiger partial charge >= 0.3 is 5.97 Å². The Labute approximate surface area is 180 Å². The van der Waals surface area contributed by atoms with Gasteiger partial charge in [0.05, 0.1) is 25.1 Å². The summed E-state index contributed by atoms with van der Waals surface area (Å²) in [7, 11) is 0. The summed E-state index contributed by atoms with van der Waals surface area (Å²) in [5.41, 5.74) is 5.95. The van der Waals surface area contributed by atoms with Crippen molar-refractivity contribution >= 4 is 28.7 Å². The molecule has 0 aliphatic rings. The molecule has 0 bridgehead atoms. The maximum atomic E-state index is 11.3. The molecule has 0 amide bonds. The number of aromatic nitrogens is 1. The molecule has 1 N–H and O–H groups in total. The van der Waals surface area contributed by atoms with E-state index in [1.54, 1.807) is 6.21 Å². The monoisotopic (exact) mass is 423 g/mol. The van der Waals surface area contributed by atoms with Crippen molar-refractivity contribution in [2.24, 2.45) is 5.10 Å². The number of nitrogens with zero attached hydrogens (tertiary/aromatic N) is 2. The maximum Gasteiger partial charge on any atom is 0.305 e. The van der Waals surface area contributed by atoms with E-state index >= 15 is 0 Å². The lowest BCUT2D eigenvalue weighted by Crippen LogP contribution is -2.05. The van der Waals surface area contributed by atoms with E-state index in [1.807, 2.05) is 66.9 Å². The number of unbranched alkanes of at least 4 members (excludes halogenated alkanes) is 1. The minimum atomic E-state index is -0.149. The zero-order valence-electron chi connectivity index (χ0n) is 16.9. The zero-order chi connectivity index (χ0) is 21.0. The number of ether oxygens (including phenoxy) is 2. The van der Waals surface area contributed by atoms with E-state index in [0.717, 1.165) is 40.5 Å². The number of hydrazone groups is 1. The highest BCUT2D eigenvalue weighted by Gasteiger charge is 2.03. The van der Waals surface area contributed by atoms with Crippen molar-refractivity contribution in [2.45, 2.75) is 26.2 Å². The first-order valence-corrected chi connectivity index (χ1v) is 10.8. The number of hydrogen-bond donors (Lipinski definition) is 1. The number of esters is 1. The quantitative estimate of drug-likeness (QED) is 0.194. The van der Waals surface area contributed by atoms with Crippen LogP contribution in [0.15, 0.2) is 65.1 Å². The van der Waals surface area contributed by atoms with Crippen LogP contribution in [0.3, 0.4) is 0 Å². The summed E-state index contributed by atoms with van der Waals surface area (Å²) < 4.78 is 10.6. The predicted molar refractivity (Wildman–Crippen MR) is 121 cm³/mol. The van der Waals surface area contributed by atoms with E-state index in [2.05, 4.69) is 15.5 Å². The number of carbonyl (C=O) groups is 1. The molecule has 0 saturated carbocycles. The fourth-order valence-corrected chi connectivity index (χ4v) is 3.34. The number of benzene rings is 2. The van der Waals surface area contributed by atoms with E-state index in [4.69, 9.17) is 9.47 Å². The van der Waals surface area contributed by atoms with Crippen LogP contribution in [0.1, 0.15) is 31.7 Å². The molecule has 2 aromatic carbocycles. The Hall–Kier alpha value is -3.19. The molecule has 0 aliphatic carbocycles. The second kappa shape index (κ2) is 11.7. The highest BCUT2D eigenvalue weighted by molar-refractivity contribution is 7.14. The SMILES string of the molecule is CCOC(=O)CCCCOc1ccc(C=NNc2nc(-c3ccccc3)cs2)cc1. The smallest absolute Gasteiger partial charge is 0.305 e. The Kier molecular flexibility index (Phi) is 8.41. The number of thiazole rings is 1. The van der Waals surface area contributed by atoms with Crippen LogP contribution in [0.4, 0.5) is 5.13 Å². The number of anilines is 1. The third kappa shape index (κ3) is 7.00. The molecule has 3 rings (SSSR count). The number of hydrogen-bond acceptors (Lipinski definition) is 7. The fraction of sp³-hybridized carbons (Fsp3) is 0.261. The van der Waals surface area contributed by atoms with Gasteiger partial charge in [-0.25, -0.2) is 4.98 Å². The van der Waals surface area contributed by atoms with E-state index < -0.39 is 0 Å². The molecule has 0 fully saturated rings. The molecule has 0 spiro atoms. The van der Waals surface area contributed by atoms with Crippen molar-refractivity contribution in [3.8, 4) is 17.0 Å². The minimum Gasteiger partial charge on any atom is -0.494 e. The fourth-order valence-electron chi connectivity index (χ4n) is 2.67. The Morgan fingerprint density at radius 2 is 1.93 bits per heavy atom. The Morgan fingerprint density at radius 3 is 2.70 bits per heavy atom. The van der Waals surface area contributed by atoms with Crippen molar-refractivity contribution < 1.29 is 14.3 Å². The number of nitrogens with one attached hydrogen (secondary N) is 1. The van der Waals surface area contributed by atoms with Crippen molar-refractivity contribution in [3.05, 3.63) is 65.5 Å². The van der Waals surface area contributed by atoms with Gasteiger partial charge in [0.1, 0.15) is 5.75 Å². The van der Waals surface area contributed by atoms with Gasteiger partial charge in [-0.2, -0.15) is 5.10 Å². The van der Waals surface area contributed by atoms with Crippen molar-refractivity contribution in [1.29, 1.82) is 0 Å². The van der Waals surface area contributed by atoms with Crippen LogP contribution in [0.2, 0.25) is 0 Å². The van der Waals surface area contributed by atoms with Gasteiger partial charge in [0.25, 0.3) is 0 Å². The van der Waals surface area contributed by atoms with Crippen LogP contribution in [-0.2, 0) is 9.53 Å². The van der Waals surface area contributed by atoms with Crippen molar-refractivity contribution in [1.82, 2.24) is 4.98 Å². The van der Waals surface area contributed by atoms with Gasteiger partial charge in [-0.1, -0.05) is 30.3 Å². The molecule has 3 aromatic rings. The van der Waals surface area contributed by atoms with Crippen LogP contribution in [0.5, 0.6) is 5.75 Å². The first-order valence-electron chi connectivity index (χ1n) is 9.93. The topological polar surface area (TPSA) is 72.8 Å². The molecule has 6 nitrogen and oxygen atoms in total. The van der Waals surface area contributed by atoms with Crippen molar-refractivity contribution in [3.63, 3.8) is 0 Å². The summed E-state index contributed by atoms with van der Waals surface area (Å²) in [5.74, 6) is 0.646. The van der Waals surface area contributed by atoms with Gasteiger partial charge in [0.15, 0.2) is 0 Å². The molecule has 0 atom stereocenters. The Bertz CT molecular complexity index is 940. The molecule has 1 heterocycles. The van der Waals surface area contributed by atoms with Gasteiger partial charge in [0.2, 0.25) is 5.13 Å². The van der Waals surface area contributed by atoms with E-state index in [9.17, 15) is 4.79 Å². The van der Waals surface area contributed by atoms with Gasteiger partial charge in [-0.05, 0) is 49.6 Å². The highest BCUT2D eigenvalue weighted by atomic mass is 32.1. The maximum absolute atomic E-state index is 11.3. The summed E-state index contributed by atoms with van der Waals surface area (Å²) in [6, 6.07) is 17.7. The van der Waals surface area contributed by atoms with Crippen LogP contribution in [-0.4, -0.2) is 30.4 Å². The zero-order valence-corrected chi connectivity index (χ0v) is 17.7. The molecular formula is C23H25N3O3S. The van der Waals surface area contributed by atoms with E-state index in [0.29, 0.717) is 19.6 Å². The first kappa shape index (κ1) is 21.5. The lowest BCUT2D eigenvalue weighted by molar-refractivity contribution is -0.143. The van der Waals surface area contributed by atoms with E-state index in [1.165, 1.54) is 11.3 Å². The molecule has 0 aliphatic heterocycles. The standard InChI is InChI=1S/C23H25N3O3S/c1-2-28-22(27)10-6-7-15-29-20-13-11-18(12-14-20)16-24-26-23-25-21(17-30-23)19-8-4-3-5-9-19/h3-5,8-9,11-14,16-17H,2,6-7,10,15H2,1H3,(H,25,26). The largest absolute Gasteiger partial charge is 0.494 e. The minimum absolute atomic E-state index is 0.149. The lowest BCUT2D eigenvalue weighted by Gasteiger charge is -2.06. The van der Waals surface area contributed by atoms with Gasteiger partial charge in [-0.3, -0.25) is 10.2 Å². The molecule has 1 aromatic heterocycles. The van der Waals surface area contributed by atoms with Gasteiger partial charge < -0.3 is 9.47 Å². The lowest BCUT2D eigenvalue weighted by atomic mass is 10.2. The average molecular weight is 424 g/mol. The summed E-state index contributed by atoms with van der Waals surface area (Å²) in [6.07, 6.45) is 3.75. The summed E-state index contributed by atoms with van der Waals surface area (Å²) in [4.78, 5) is 15.8. The summed E-state index contributed by atoms with van der Waals surface area (Å²) in [5, 5.41) is 7.00. The molecular weight excluding hydrogens is 398 g/mol. The molecule has 0 saturated heterocycles. The molecule has 30 heavy (non-hydrogen) atoms. The summed E-state index contributed by atoms with van der Waals surface area (Å²) in [6.45, 7) is 2.81. The number of rotatable bonds is 11. The van der Waals surface area contributed by atoms with Crippen LogP contribution < -0.4 is 10.2 Å². The normalized spacial score (nSPS) is 10.8. The first-order chi connectivity index (χ1) is 14.7. The van der Waals surface area contributed by atoms with E-state index in [-0.39, 0.29) is 5.97 Å².